The van der Waals surface area contributed by atoms with Gasteiger partial charge in [0, 0.05) is 18.3 Å². The molecule has 4 rings (SSSR count). The van der Waals surface area contributed by atoms with Gasteiger partial charge in [-0.15, -0.1) is 0 Å². The molecule has 3 saturated carbocycles. The molecule has 248 valence electrons. The maximum Gasteiger partial charge on any atom is 0.306 e. The summed E-state index contributed by atoms with van der Waals surface area (Å²) in [4.78, 5) is 13.2. The fraction of sp³-hybridized carbons (Fsp3) is 0.925. The smallest absolute Gasteiger partial charge is 0.306 e. The third kappa shape index (κ3) is 8.31. The summed E-state index contributed by atoms with van der Waals surface area (Å²) in [5.41, 5.74) is 1.73. The lowest BCUT2D eigenvalue weighted by atomic mass is 9.46. The zero-order valence-electron chi connectivity index (χ0n) is 29.3. The van der Waals surface area contributed by atoms with E-state index in [1.807, 2.05) is 0 Å². The Morgan fingerprint density at radius 2 is 1.58 bits per heavy atom. The van der Waals surface area contributed by atoms with Gasteiger partial charge in [0.2, 0.25) is 0 Å². The summed E-state index contributed by atoms with van der Waals surface area (Å²) in [6, 6.07) is 0. The maximum absolute atomic E-state index is 13.2. The van der Waals surface area contributed by atoms with Crippen LogP contribution in [0.3, 0.4) is 0 Å². The second-order valence-corrected chi connectivity index (χ2v) is 16.7. The maximum atomic E-state index is 13.2. The molecule has 43 heavy (non-hydrogen) atoms. The van der Waals surface area contributed by atoms with Gasteiger partial charge in [0.25, 0.3) is 0 Å². The number of carbonyl (C=O) groups is 1. The number of rotatable bonds is 17. The van der Waals surface area contributed by atoms with E-state index in [4.69, 9.17) is 4.74 Å². The molecule has 4 aliphatic rings. The highest BCUT2D eigenvalue weighted by Gasteiger charge is 2.61. The van der Waals surface area contributed by atoms with Crippen LogP contribution in [-0.2, 0) is 9.53 Å². The Balaban J connectivity index is 1.32. The Kier molecular flexibility index (Phi) is 13.1. The van der Waals surface area contributed by atoms with Crippen molar-refractivity contribution in [1.82, 2.24) is 0 Å². The van der Waals surface area contributed by atoms with Gasteiger partial charge >= 0.3 is 5.97 Å². The predicted octanol–water partition coefficient (Wildman–Crippen LogP) is 11.2. The molecule has 3 nitrogen and oxygen atoms in total. The van der Waals surface area contributed by atoms with Crippen LogP contribution >= 0.6 is 0 Å². The van der Waals surface area contributed by atoms with Gasteiger partial charge in [-0.25, -0.2) is 0 Å². The summed E-state index contributed by atoms with van der Waals surface area (Å²) in [5, 5.41) is 10.9. The molecule has 0 aliphatic heterocycles. The van der Waals surface area contributed by atoms with Gasteiger partial charge in [-0.3, -0.25) is 4.79 Å². The van der Waals surface area contributed by atoms with Crippen molar-refractivity contribution in [3.8, 4) is 0 Å². The number of aliphatic hydroxyl groups is 1. The lowest BCUT2D eigenvalue weighted by Crippen LogP contribution is -2.56. The molecule has 0 aromatic carbocycles. The van der Waals surface area contributed by atoms with Crippen LogP contribution in [0.5, 0.6) is 0 Å². The third-order valence-corrected chi connectivity index (χ3v) is 13.4. The van der Waals surface area contributed by atoms with Crippen molar-refractivity contribution in [3.63, 3.8) is 0 Å². The van der Waals surface area contributed by atoms with Crippen LogP contribution in [0.4, 0.5) is 0 Å². The number of allylic oxidation sites excluding steroid dienone is 1. The predicted molar refractivity (Wildman–Crippen MR) is 181 cm³/mol. The molecule has 3 fully saturated rings. The van der Waals surface area contributed by atoms with Gasteiger partial charge in [0.1, 0.15) is 6.10 Å². The Bertz CT molecular complexity index is 892. The summed E-state index contributed by atoms with van der Waals surface area (Å²) in [6.07, 6.45) is 27.2. The third-order valence-electron chi connectivity index (χ3n) is 13.4. The van der Waals surface area contributed by atoms with Gasteiger partial charge in [-0.05, 0) is 85.9 Å². The van der Waals surface area contributed by atoms with E-state index in [-0.39, 0.29) is 23.6 Å². The number of hydrogen-bond acceptors (Lipinski definition) is 3. The van der Waals surface area contributed by atoms with Crippen molar-refractivity contribution in [3.05, 3.63) is 11.6 Å². The fourth-order valence-electron chi connectivity index (χ4n) is 10.8. The zero-order valence-corrected chi connectivity index (χ0v) is 29.3. The van der Waals surface area contributed by atoms with Crippen molar-refractivity contribution >= 4 is 5.97 Å². The van der Waals surface area contributed by atoms with Crippen LogP contribution in [0.1, 0.15) is 176 Å². The Hall–Kier alpha value is -0.830. The molecule has 0 bridgehead atoms. The highest BCUT2D eigenvalue weighted by molar-refractivity contribution is 5.69. The van der Waals surface area contributed by atoms with Crippen molar-refractivity contribution in [2.45, 2.75) is 189 Å². The van der Waals surface area contributed by atoms with Crippen LogP contribution in [0, 0.1) is 46.3 Å². The van der Waals surface area contributed by atoms with E-state index in [1.165, 1.54) is 102 Å². The van der Waals surface area contributed by atoms with Crippen molar-refractivity contribution in [1.29, 1.82) is 0 Å². The van der Waals surface area contributed by atoms with E-state index in [1.54, 1.807) is 0 Å². The van der Waals surface area contributed by atoms with Crippen LogP contribution in [-0.4, -0.2) is 23.3 Å². The van der Waals surface area contributed by atoms with Crippen LogP contribution < -0.4 is 0 Å². The second-order valence-electron chi connectivity index (χ2n) is 16.7. The van der Waals surface area contributed by atoms with Crippen LogP contribution in [0.2, 0.25) is 0 Å². The van der Waals surface area contributed by atoms with Gasteiger partial charge < -0.3 is 9.84 Å². The summed E-state index contributed by atoms with van der Waals surface area (Å²) in [5.74, 6) is 4.50. The van der Waals surface area contributed by atoms with Gasteiger partial charge in [0.15, 0.2) is 0 Å². The number of fused-ring (bicyclic) bond motifs is 5. The Morgan fingerprint density at radius 3 is 2.26 bits per heavy atom. The molecular weight excluding hydrogens is 528 g/mol. The largest absolute Gasteiger partial charge is 0.461 e. The highest BCUT2D eigenvalue weighted by atomic mass is 16.5. The molecule has 0 amide bonds. The van der Waals surface area contributed by atoms with Gasteiger partial charge in [-0.2, -0.15) is 0 Å². The minimum absolute atomic E-state index is 0.0295. The molecule has 0 saturated heterocycles. The van der Waals surface area contributed by atoms with Crippen LogP contribution in [0.25, 0.3) is 0 Å². The highest BCUT2D eigenvalue weighted by Crippen LogP contribution is 2.67. The summed E-state index contributed by atoms with van der Waals surface area (Å²) in [7, 11) is 0. The van der Waals surface area contributed by atoms with Crippen molar-refractivity contribution in [2.24, 2.45) is 46.3 Å². The quantitative estimate of drug-likeness (QED) is 0.103. The van der Waals surface area contributed by atoms with E-state index in [0.29, 0.717) is 30.1 Å². The molecule has 4 aliphatic carbocycles. The van der Waals surface area contributed by atoms with Gasteiger partial charge in [0.05, 0.1) is 6.10 Å². The second kappa shape index (κ2) is 16.1. The summed E-state index contributed by atoms with van der Waals surface area (Å²) in [6.45, 7) is 14.6. The molecule has 0 spiro atoms. The van der Waals surface area contributed by atoms with Gasteiger partial charge in [-0.1, -0.05) is 130 Å². The first-order valence-electron chi connectivity index (χ1n) is 19.2. The van der Waals surface area contributed by atoms with E-state index >= 15 is 0 Å². The standard InChI is InChI=1S/C40H70O3/c1-7-8-9-10-11-12-13-14-15-16-20-38(42)43-37-28-32(41)27-31-21-22-33-35-24-23-34(30(4)19-17-18-29(2)3)39(35,5)26-25-36(33)40(31,37)6/h21,29-30,32-37,41H,7-20,22-28H2,1-6H3/t30-,32-,33+,34-,35+,36+,37?,39-,40+/m1/s1. The van der Waals surface area contributed by atoms with Crippen molar-refractivity contribution in [2.75, 3.05) is 0 Å². The average Bonchev–Trinajstić information content (AvgIpc) is 3.32. The molecule has 0 aromatic rings. The first-order chi connectivity index (χ1) is 20.6. The number of hydrogen-bond donors (Lipinski definition) is 1. The number of esters is 1. The summed E-state index contributed by atoms with van der Waals surface area (Å²) >= 11 is 0. The zero-order chi connectivity index (χ0) is 31.0. The molecule has 1 unspecified atom stereocenters. The lowest BCUT2D eigenvalue weighted by molar-refractivity contribution is -0.169. The van der Waals surface area contributed by atoms with E-state index in [0.717, 1.165) is 49.4 Å². The average molecular weight is 599 g/mol. The molecule has 1 N–H and O–H groups in total. The number of ether oxygens (including phenoxy) is 1. The molecule has 0 heterocycles. The SMILES string of the molecule is CCCCCCCCCCCCC(=O)OC1C[C@H](O)CC2=CC[C@H]3[C@@H]4CC[C@H]([C@H](C)CCCC(C)C)[C@@]4(C)CC[C@@H]3[C@]21C. The molecule has 3 heteroatoms. The lowest BCUT2D eigenvalue weighted by Gasteiger charge is -2.60. The van der Waals surface area contributed by atoms with Crippen molar-refractivity contribution < 1.29 is 14.6 Å². The monoisotopic (exact) mass is 599 g/mol. The minimum atomic E-state index is -0.387. The normalized spacial score (nSPS) is 36.0. The Labute approximate surface area is 266 Å². The number of aliphatic hydroxyl groups excluding tert-OH is 1. The topological polar surface area (TPSA) is 46.5 Å². The Morgan fingerprint density at radius 1 is 0.907 bits per heavy atom. The molecule has 0 radical (unpaired) electrons. The van der Waals surface area contributed by atoms with Crippen LogP contribution in [0.15, 0.2) is 11.6 Å². The fourth-order valence-corrected chi connectivity index (χ4v) is 10.8. The molecule has 9 atom stereocenters. The first-order valence-corrected chi connectivity index (χ1v) is 19.2. The van der Waals surface area contributed by atoms with E-state index in [9.17, 15) is 9.90 Å². The number of carbonyl (C=O) groups excluding carboxylic acids is 1. The summed E-state index contributed by atoms with van der Waals surface area (Å²) < 4.78 is 6.39. The van der Waals surface area contributed by atoms with E-state index < -0.39 is 0 Å². The number of unbranched alkanes of at least 4 members (excludes halogenated alkanes) is 9. The minimum Gasteiger partial charge on any atom is -0.461 e. The first kappa shape index (κ1) is 35.0. The molecular formula is C40H70O3. The van der Waals surface area contributed by atoms with E-state index in [2.05, 4.69) is 47.6 Å². The molecule has 0 aromatic heterocycles.